The van der Waals surface area contributed by atoms with Crippen molar-refractivity contribution in [3.63, 3.8) is 0 Å². The second-order valence-electron chi connectivity index (χ2n) is 4.91. The molecular formula is C17H16N2O2S. The van der Waals surface area contributed by atoms with E-state index in [1.54, 1.807) is 11.7 Å². The molecule has 22 heavy (non-hydrogen) atoms. The van der Waals surface area contributed by atoms with E-state index in [4.69, 9.17) is 10.5 Å². The predicted molar refractivity (Wildman–Crippen MR) is 90.5 cm³/mol. The normalized spacial score (nSPS) is 10.6. The first-order valence-corrected chi connectivity index (χ1v) is 7.73. The molecule has 0 aliphatic rings. The molecule has 4 nitrogen and oxygen atoms in total. The number of nitrogens with zero attached hydrogens (tertiary/aromatic N) is 1. The third kappa shape index (κ3) is 2.76. The second kappa shape index (κ2) is 6.07. The summed E-state index contributed by atoms with van der Waals surface area (Å²) in [6, 6.07) is 15.3. The van der Waals surface area contributed by atoms with Gasteiger partial charge in [0.05, 0.1) is 19.3 Å². The Kier molecular flexibility index (Phi) is 3.98. The van der Waals surface area contributed by atoms with Gasteiger partial charge in [-0.15, -0.1) is 0 Å². The molecular weight excluding hydrogens is 296 g/mol. The van der Waals surface area contributed by atoms with Gasteiger partial charge < -0.3 is 10.5 Å². The maximum atomic E-state index is 12.2. The molecule has 0 fully saturated rings. The summed E-state index contributed by atoms with van der Waals surface area (Å²) in [6.07, 6.45) is 0. The van der Waals surface area contributed by atoms with Crippen molar-refractivity contribution >= 4 is 17.0 Å². The summed E-state index contributed by atoms with van der Waals surface area (Å²) >= 11 is 1.19. The lowest BCUT2D eigenvalue weighted by Gasteiger charge is -2.11. The predicted octanol–water partition coefficient (Wildman–Crippen LogP) is 3.22. The van der Waals surface area contributed by atoms with E-state index in [2.05, 4.69) is 0 Å². The number of anilines is 1. The molecule has 1 heterocycles. The summed E-state index contributed by atoms with van der Waals surface area (Å²) in [5.41, 5.74) is 9.23. The molecule has 0 bridgehead atoms. The highest BCUT2D eigenvalue weighted by atomic mass is 32.1. The Morgan fingerprint density at radius 2 is 1.86 bits per heavy atom. The topological polar surface area (TPSA) is 57.2 Å². The van der Waals surface area contributed by atoms with Crippen LogP contribution in [0.1, 0.15) is 5.56 Å². The van der Waals surface area contributed by atoms with Gasteiger partial charge in [-0.25, -0.2) is 0 Å². The fourth-order valence-electron chi connectivity index (χ4n) is 2.35. The summed E-state index contributed by atoms with van der Waals surface area (Å²) in [4.78, 5) is 12.2. The van der Waals surface area contributed by atoms with Crippen LogP contribution >= 0.6 is 11.3 Å². The van der Waals surface area contributed by atoms with Gasteiger partial charge in [0.15, 0.2) is 0 Å². The Hall–Kier alpha value is -2.53. The average Bonchev–Trinajstić information content (AvgIpc) is 2.90. The van der Waals surface area contributed by atoms with E-state index < -0.39 is 0 Å². The molecule has 0 aliphatic heterocycles. The van der Waals surface area contributed by atoms with Crippen LogP contribution in [0.15, 0.2) is 58.7 Å². The van der Waals surface area contributed by atoms with Crippen molar-refractivity contribution in [1.82, 2.24) is 4.57 Å². The minimum absolute atomic E-state index is 0.0118. The molecule has 0 saturated heterocycles. The number of thiazole rings is 1. The van der Waals surface area contributed by atoms with E-state index in [0.717, 1.165) is 22.6 Å². The zero-order valence-corrected chi connectivity index (χ0v) is 13.0. The highest BCUT2D eigenvalue weighted by molar-refractivity contribution is 7.07. The van der Waals surface area contributed by atoms with Crippen LogP contribution in [0.3, 0.4) is 0 Å². The number of hydrogen-bond acceptors (Lipinski definition) is 4. The Labute approximate surface area is 132 Å². The van der Waals surface area contributed by atoms with E-state index in [1.165, 1.54) is 11.3 Å². The zero-order valence-electron chi connectivity index (χ0n) is 12.2. The molecule has 0 amide bonds. The minimum Gasteiger partial charge on any atom is -0.496 e. The Bertz CT molecular complexity index is 834. The van der Waals surface area contributed by atoms with Crippen LogP contribution in [0.2, 0.25) is 0 Å². The summed E-state index contributed by atoms with van der Waals surface area (Å²) in [6.45, 7) is 0.510. The molecule has 0 aliphatic carbocycles. The largest absolute Gasteiger partial charge is 0.496 e. The van der Waals surface area contributed by atoms with Gasteiger partial charge in [0.2, 0.25) is 0 Å². The number of rotatable bonds is 4. The molecule has 0 atom stereocenters. The van der Waals surface area contributed by atoms with Gasteiger partial charge in [-0.1, -0.05) is 35.6 Å². The van der Waals surface area contributed by atoms with Crippen molar-refractivity contribution < 1.29 is 4.74 Å². The molecule has 3 rings (SSSR count). The number of ether oxygens (including phenoxy) is 1. The number of para-hydroxylation sites is 1. The van der Waals surface area contributed by atoms with E-state index in [9.17, 15) is 4.79 Å². The Morgan fingerprint density at radius 1 is 1.14 bits per heavy atom. The van der Waals surface area contributed by atoms with Gasteiger partial charge in [0, 0.05) is 16.6 Å². The van der Waals surface area contributed by atoms with Crippen molar-refractivity contribution in [2.75, 3.05) is 12.8 Å². The maximum absolute atomic E-state index is 12.2. The molecule has 0 spiro atoms. The number of methoxy groups -OCH3 is 1. The van der Waals surface area contributed by atoms with Crippen molar-refractivity contribution in [3.8, 4) is 17.0 Å². The standard InChI is InChI=1S/C17H16N2O2S/c1-21-16-5-3-2-4-14(16)15-11-22-17(20)19(15)10-12-6-8-13(18)9-7-12/h2-9,11H,10,18H2,1H3. The molecule has 112 valence electrons. The quantitative estimate of drug-likeness (QED) is 0.753. The van der Waals surface area contributed by atoms with Gasteiger partial charge in [0.25, 0.3) is 0 Å². The first-order chi connectivity index (χ1) is 10.7. The molecule has 5 heteroatoms. The van der Waals surface area contributed by atoms with Crippen molar-refractivity contribution in [1.29, 1.82) is 0 Å². The van der Waals surface area contributed by atoms with Gasteiger partial charge in [-0.2, -0.15) is 0 Å². The third-order valence-corrected chi connectivity index (χ3v) is 4.25. The molecule has 3 aromatic rings. The number of nitrogens with two attached hydrogens (primary N) is 1. The molecule has 2 aromatic carbocycles. The van der Waals surface area contributed by atoms with Gasteiger partial charge in [-0.05, 0) is 29.8 Å². The molecule has 1 aromatic heterocycles. The van der Waals surface area contributed by atoms with Crippen molar-refractivity contribution in [3.05, 3.63) is 69.1 Å². The van der Waals surface area contributed by atoms with E-state index in [-0.39, 0.29) is 4.87 Å². The molecule has 2 N–H and O–H groups in total. The molecule has 0 radical (unpaired) electrons. The van der Waals surface area contributed by atoms with E-state index in [0.29, 0.717) is 12.2 Å². The van der Waals surface area contributed by atoms with Crippen LogP contribution in [-0.2, 0) is 6.54 Å². The SMILES string of the molecule is COc1ccccc1-c1csc(=O)n1Cc1ccc(N)cc1. The van der Waals surface area contributed by atoms with Crippen LogP contribution in [0, 0.1) is 0 Å². The lowest BCUT2D eigenvalue weighted by atomic mass is 10.1. The smallest absolute Gasteiger partial charge is 0.307 e. The third-order valence-electron chi connectivity index (χ3n) is 3.49. The highest BCUT2D eigenvalue weighted by Gasteiger charge is 2.13. The maximum Gasteiger partial charge on any atom is 0.307 e. The molecule has 0 unspecified atom stereocenters. The number of aromatic nitrogens is 1. The lowest BCUT2D eigenvalue weighted by molar-refractivity contribution is 0.416. The van der Waals surface area contributed by atoms with Crippen LogP contribution in [0.5, 0.6) is 5.75 Å². The van der Waals surface area contributed by atoms with Gasteiger partial charge in [0.1, 0.15) is 5.75 Å². The van der Waals surface area contributed by atoms with Crippen molar-refractivity contribution in [2.45, 2.75) is 6.54 Å². The number of hydrogen-bond donors (Lipinski definition) is 1. The summed E-state index contributed by atoms with van der Waals surface area (Å²) in [5.74, 6) is 0.756. The van der Waals surface area contributed by atoms with Crippen LogP contribution in [0.25, 0.3) is 11.3 Å². The summed E-state index contributed by atoms with van der Waals surface area (Å²) in [5, 5.41) is 1.87. The average molecular weight is 312 g/mol. The molecule has 0 saturated carbocycles. The Morgan fingerprint density at radius 3 is 2.59 bits per heavy atom. The van der Waals surface area contributed by atoms with Gasteiger partial charge in [-0.3, -0.25) is 9.36 Å². The lowest BCUT2D eigenvalue weighted by Crippen LogP contribution is -2.15. The first-order valence-electron chi connectivity index (χ1n) is 6.85. The minimum atomic E-state index is 0.0118. The summed E-state index contributed by atoms with van der Waals surface area (Å²) in [7, 11) is 1.63. The zero-order chi connectivity index (χ0) is 15.5. The van der Waals surface area contributed by atoms with E-state index >= 15 is 0 Å². The highest BCUT2D eigenvalue weighted by Crippen LogP contribution is 2.30. The second-order valence-corrected chi connectivity index (χ2v) is 5.74. The van der Waals surface area contributed by atoms with E-state index in [1.807, 2.05) is 53.9 Å². The van der Waals surface area contributed by atoms with Crippen LogP contribution < -0.4 is 15.3 Å². The van der Waals surface area contributed by atoms with Gasteiger partial charge >= 0.3 is 4.87 Å². The number of nitrogen functional groups attached to an aromatic ring is 1. The monoisotopic (exact) mass is 312 g/mol. The van der Waals surface area contributed by atoms with Crippen LogP contribution in [-0.4, -0.2) is 11.7 Å². The fraction of sp³-hybridized carbons (Fsp3) is 0.118. The first kappa shape index (κ1) is 14.4. The van der Waals surface area contributed by atoms with Crippen molar-refractivity contribution in [2.24, 2.45) is 0 Å². The number of benzene rings is 2. The summed E-state index contributed by atoms with van der Waals surface area (Å²) < 4.78 is 7.16. The van der Waals surface area contributed by atoms with Crippen LogP contribution in [0.4, 0.5) is 5.69 Å². The fourth-order valence-corrected chi connectivity index (χ4v) is 3.11. The Balaban J connectivity index is 2.04.